The van der Waals surface area contributed by atoms with Gasteiger partial charge in [-0.1, -0.05) is 0 Å². The van der Waals surface area contributed by atoms with Gasteiger partial charge in [0.05, 0.1) is 12.7 Å². The smallest absolute Gasteiger partial charge is 0.257 e. The summed E-state index contributed by atoms with van der Waals surface area (Å²) >= 11 is 0. The van der Waals surface area contributed by atoms with Crippen LogP contribution in [-0.4, -0.2) is 50.3 Å². The summed E-state index contributed by atoms with van der Waals surface area (Å²) in [4.78, 5) is 13.6. The highest BCUT2D eigenvalue weighted by molar-refractivity contribution is 5.96. The number of methoxy groups -OCH3 is 2. The number of benzene rings is 1. The highest BCUT2D eigenvalue weighted by Crippen LogP contribution is 2.24. The third kappa shape index (κ3) is 3.63. The molecule has 0 aliphatic heterocycles. The number of hydrogen-bond donors (Lipinski definition) is 1. The highest BCUT2D eigenvalue weighted by Gasteiger charge is 2.15. The summed E-state index contributed by atoms with van der Waals surface area (Å²) in [7, 11) is 4.83. The number of nitrogens with zero attached hydrogens (tertiary/aromatic N) is 1. The van der Waals surface area contributed by atoms with Crippen LogP contribution in [-0.2, 0) is 4.74 Å². The average molecular weight is 253 g/mol. The van der Waals surface area contributed by atoms with Crippen molar-refractivity contribution in [2.24, 2.45) is 0 Å². The minimum Gasteiger partial charge on any atom is -0.507 e. The van der Waals surface area contributed by atoms with E-state index in [-0.39, 0.29) is 17.2 Å². The van der Waals surface area contributed by atoms with Gasteiger partial charge in [0.25, 0.3) is 5.91 Å². The summed E-state index contributed by atoms with van der Waals surface area (Å²) in [6.07, 6.45) is 0.760. The van der Waals surface area contributed by atoms with Crippen molar-refractivity contribution in [1.29, 1.82) is 0 Å². The van der Waals surface area contributed by atoms with Crippen molar-refractivity contribution in [3.05, 3.63) is 23.8 Å². The Hall–Kier alpha value is -1.75. The number of rotatable bonds is 6. The Morgan fingerprint density at radius 1 is 1.39 bits per heavy atom. The van der Waals surface area contributed by atoms with Gasteiger partial charge >= 0.3 is 0 Å². The summed E-state index contributed by atoms with van der Waals surface area (Å²) in [5, 5.41) is 9.76. The summed E-state index contributed by atoms with van der Waals surface area (Å²) in [5.74, 6) is 0.232. The van der Waals surface area contributed by atoms with Gasteiger partial charge in [-0.3, -0.25) is 4.79 Å². The molecule has 0 aliphatic carbocycles. The van der Waals surface area contributed by atoms with Crippen LogP contribution >= 0.6 is 0 Å². The number of ether oxygens (including phenoxy) is 2. The molecule has 18 heavy (non-hydrogen) atoms. The lowest BCUT2D eigenvalue weighted by atomic mass is 10.1. The van der Waals surface area contributed by atoms with Gasteiger partial charge in [-0.2, -0.15) is 0 Å². The maximum atomic E-state index is 12.0. The van der Waals surface area contributed by atoms with Crippen LogP contribution in [0.4, 0.5) is 0 Å². The van der Waals surface area contributed by atoms with Crippen molar-refractivity contribution >= 4 is 5.91 Å². The lowest BCUT2D eigenvalue weighted by Gasteiger charge is -2.17. The molecule has 1 aromatic carbocycles. The van der Waals surface area contributed by atoms with Crippen molar-refractivity contribution < 1.29 is 19.4 Å². The molecule has 1 aromatic rings. The van der Waals surface area contributed by atoms with Crippen LogP contribution in [0.15, 0.2) is 18.2 Å². The zero-order valence-corrected chi connectivity index (χ0v) is 11.0. The lowest BCUT2D eigenvalue weighted by molar-refractivity contribution is 0.0776. The number of carbonyl (C=O) groups is 1. The Morgan fingerprint density at radius 3 is 2.67 bits per heavy atom. The zero-order valence-electron chi connectivity index (χ0n) is 11.0. The molecule has 0 saturated carbocycles. The molecule has 100 valence electrons. The van der Waals surface area contributed by atoms with Crippen LogP contribution in [0.5, 0.6) is 11.5 Å². The first-order valence-corrected chi connectivity index (χ1v) is 5.71. The molecular formula is C13H19NO4. The average Bonchev–Trinajstić information content (AvgIpc) is 2.38. The molecule has 0 spiro atoms. The van der Waals surface area contributed by atoms with Crippen molar-refractivity contribution in [2.75, 3.05) is 34.4 Å². The van der Waals surface area contributed by atoms with E-state index in [9.17, 15) is 9.90 Å². The van der Waals surface area contributed by atoms with Crippen LogP contribution in [0, 0.1) is 0 Å². The van der Waals surface area contributed by atoms with Crippen molar-refractivity contribution in [2.45, 2.75) is 6.42 Å². The van der Waals surface area contributed by atoms with E-state index in [2.05, 4.69) is 0 Å². The maximum absolute atomic E-state index is 12.0. The van der Waals surface area contributed by atoms with Crippen molar-refractivity contribution in [1.82, 2.24) is 4.90 Å². The van der Waals surface area contributed by atoms with E-state index < -0.39 is 0 Å². The van der Waals surface area contributed by atoms with Crippen LogP contribution in [0.2, 0.25) is 0 Å². The molecule has 0 heterocycles. The first-order valence-electron chi connectivity index (χ1n) is 5.71. The lowest BCUT2D eigenvalue weighted by Crippen LogP contribution is -2.28. The van der Waals surface area contributed by atoms with Crippen LogP contribution in [0.25, 0.3) is 0 Å². The molecule has 0 saturated heterocycles. The van der Waals surface area contributed by atoms with Gasteiger partial charge in [0.15, 0.2) is 0 Å². The summed E-state index contributed by atoms with van der Waals surface area (Å²) in [6.45, 7) is 1.18. The summed E-state index contributed by atoms with van der Waals surface area (Å²) < 4.78 is 9.90. The van der Waals surface area contributed by atoms with Crippen LogP contribution < -0.4 is 4.74 Å². The standard InChI is InChI=1S/C13H19NO4/c1-14(7-4-8-17-2)13(16)11-6-5-10(18-3)9-12(11)15/h5-6,9,15H,4,7-8H2,1-3H3. The molecule has 0 radical (unpaired) electrons. The largest absolute Gasteiger partial charge is 0.507 e. The van der Waals surface area contributed by atoms with Gasteiger partial charge in [0.2, 0.25) is 0 Å². The summed E-state index contributed by atoms with van der Waals surface area (Å²) in [5.41, 5.74) is 0.274. The fourth-order valence-corrected chi connectivity index (χ4v) is 1.57. The van der Waals surface area contributed by atoms with Crippen molar-refractivity contribution in [3.8, 4) is 11.5 Å². The fourth-order valence-electron chi connectivity index (χ4n) is 1.57. The van der Waals surface area contributed by atoms with Gasteiger partial charge in [0, 0.05) is 33.4 Å². The van der Waals surface area contributed by atoms with E-state index in [0.717, 1.165) is 6.42 Å². The number of aromatic hydroxyl groups is 1. The Kier molecular flexibility index (Phi) is 5.45. The number of hydrogen-bond acceptors (Lipinski definition) is 4. The van der Waals surface area contributed by atoms with E-state index in [0.29, 0.717) is 18.9 Å². The van der Waals surface area contributed by atoms with Gasteiger partial charge in [-0.05, 0) is 18.6 Å². The monoisotopic (exact) mass is 253 g/mol. The second-order valence-electron chi connectivity index (χ2n) is 3.96. The molecule has 1 amide bonds. The first-order chi connectivity index (χ1) is 8.60. The molecule has 1 N–H and O–H groups in total. The third-order valence-electron chi connectivity index (χ3n) is 2.62. The third-order valence-corrected chi connectivity index (χ3v) is 2.62. The summed E-state index contributed by atoms with van der Waals surface area (Å²) in [6, 6.07) is 4.63. The number of phenols is 1. The SMILES string of the molecule is COCCCN(C)C(=O)c1ccc(OC)cc1O. The van der Waals surface area contributed by atoms with Crippen LogP contribution in [0.3, 0.4) is 0 Å². The Balaban J connectivity index is 2.71. The molecule has 0 aliphatic rings. The molecule has 0 fully saturated rings. The van der Waals surface area contributed by atoms with Gasteiger partial charge < -0.3 is 19.5 Å². The fraction of sp³-hybridized carbons (Fsp3) is 0.462. The Morgan fingerprint density at radius 2 is 2.11 bits per heavy atom. The van der Waals surface area contributed by atoms with E-state index in [4.69, 9.17) is 9.47 Å². The van der Waals surface area contributed by atoms with E-state index in [1.807, 2.05) is 0 Å². The Bertz CT molecular complexity index is 406. The highest BCUT2D eigenvalue weighted by atomic mass is 16.5. The molecule has 0 aromatic heterocycles. The number of phenolic OH excluding ortho intramolecular Hbond substituents is 1. The van der Waals surface area contributed by atoms with E-state index >= 15 is 0 Å². The molecule has 5 nitrogen and oxygen atoms in total. The molecule has 0 atom stereocenters. The topological polar surface area (TPSA) is 59.0 Å². The molecule has 1 rings (SSSR count). The van der Waals surface area contributed by atoms with E-state index in [1.165, 1.54) is 13.2 Å². The number of amides is 1. The molecular weight excluding hydrogens is 234 g/mol. The second kappa shape index (κ2) is 6.86. The minimum atomic E-state index is -0.216. The predicted molar refractivity (Wildman–Crippen MR) is 68.1 cm³/mol. The zero-order chi connectivity index (χ0) is 13.5. The van der Waals surface area contributed by atoms with Gasteiger partial charge in [-0.15, -0.1) is 0 Å². The van der Waals surface area contributed by atoms with E-state index in [1.54, 1.807) is 31.2 Å². The molecule has 0 bridgehead atoms. The predicted octanol–water partition coefficient (Wildman–Crippen LogP) is 1.51. The van der Waals surface area contributed by atoms with Gasteiger partial charge in [0.1, 0.15) is 11.5 Å². The van der Waals surface area contributed by atoms with Crippen molar-refractivity contribution in [3.63, 3.8) is 0 Å². The Labute approximate surface area is 107 Å². The maximum Gasteiger partial charge on any atom is 0.257 e. The quantitative estimate of drug-likeness (QED) is 0.781. The molecule has 5 heteroatoms. The second-order valence-corrected chi connectivity index (χ2v) is 3.96. The van der Waals surface area contributed by atoms with Gasteiger partial charge in [-0.25, -0.2) is 0 Å². The number of carbonyl (C=O) groups excluding carboxylic acids is 1. The molecule has 0 unspecified atom stereocenters. The first kappa shape index (κ1) is 14.3. The normalized spacial score (nSPS) is 10.2. The van der Waals surface area contributed by atoms with Crippen LogP contribution in [0.1, 0.15) is 16.8 Å². The minimum absolute atomic E-state index is 0.0714.